The zero-order valence-corrected chi connectivity index (χ0v) is 16.1. The van der Waals surface area contributed by atoms with E-state index < -0.39 is 0 Å². The molecular weight excluding hydrogens is 363 g/mol. The first-order valence-electron chi connectivity index (χ1n) is 8.85. The summed E-state index contributed by atoms with van der Waals surface area (Å²) >= 11 is 1.36. The second-order valence-corrected chi connectivity index (χ2v) is 6.92. The Morgan fingerprint density at radius 1 is 1.11 bits per heavy atom. The zero-order valence-electron chi connectivity index (χ0n) is 15.3. The maximum absolute atomic E-state index is 12.9. The van der Waals surface area contributed by atoms with Crippen LogP contribution in [0.2, 0.25) is 0 Å². The summed E-state index contributed by atoms with van der Waals surface area (Å²) in [7, 11) is 0. The van der Waals surface area contributed by atoms with Crippen molar-refractivity contribution in [2.24, 2.45) is 0 Å². The zero-order chi connectivity index (χ0) is 19.2. The number of nitrogens with zero attached hydrogens (tertiary/aromatic N) is 1. The van der Waals surface area contributed by atoms with Crippen molar-refractivity contribution in [1.29, 1.82) is 0 Å². The van der Waals surface area contributed by atoms with Crippen LogP contribution in [0.5, 0.6) is 5.75 Å². The number of aromatic nitrogens is 1. The molecule has 1 aromatic heterocycles. The number of aryl methyl sites for hydroxylation is 2. The van der Waals surface area contributed by atoms with Gasteiger partial charge < -0.3 is 10.1 Å². The molecule has 0 aliphatic carbocycles. The Labute approximate surface area is 162 Å². The first kappa shape index (κ1) is 19.0. The lowest BCUT2D eigenvalue weighted by Crippen LogP contribution is -2.15. The number of hydrogen-bond acceptors (Lipinski definition) is 4. The number of carbonyl (C=O) groups excluding carboxylic acids is 1. The fourth-order valence-electron chi connectivity index (χ4n) is 2.74. The number of hydrogen-bond donors (Lipinski definition) is 1. The second kappa shape index (κ2) is 8.77. The summed E-state index contributed by atoms with van der Waals surface area (Å²) in [5.41, 5.74) is 3.46. The number of thiazole rings is 1. The van der Waals surface area contributed by atoms with Crippen LogP contribution in [-0.2, 0) is 19.4 Å². The molecule has 0 aliphatic rings. The molecule has 0 saturated carbocycles. The Hall–Kier alpha value is -2.73. The molecule has 0 atom stereocenters. The van der Waals surface area contributed by atoms with E-state index in [2.05, 4.69) is 24.1 Å². The first-order chi connectivity index (χ1) is 13.1. The van der Waals surface area contributed by atoms with Crippen LogP contribution in [0.1, 0.15) is 40.5 Å². The number of halogens is 1. The topological polar surface area (TPSA) is 51.2 Å². The minimum atomic E-state index is -0.311. The highest BCUT2D eigenvalue weighted by atomic mass is 32.1. The lowest BCUT2D eigenvalue weighted by molar-refractivity contribution is 0.102. The molecule has 4 nitrogen and oxygen atoms in total. The molecule has 0 saturated heterocycles. The highest BCUT2D eigenvalue weighted by Crippen LogP contribution is 2.24. The van der Waals surface area contributed by atoms with Crippen molar-refractivity contribution in [1.82, 2.24) is 4.98 Å². The van der Waals surface area contributed by atoms with E-state index in [0.29, 0.717) is 16.5 Å². The standard InChI is InChI=1S/C21H21FN2O2S/c1-3-14-6-5-7-15(4-2)20(14)24-21(25)18-13-27-19(23-18)12-26-17-10-8-16(22)9-11-17/h5-11,13H,3-4,12H2,1-2H3,(H,24,25). The molecule has 0 bridgehead atoms. The van der Waals surface area contributed by atoms with Crippen LogP contribution >= 0.6 is 11.3 Å². The van der Waals surface area contributed by atoms with E-state index in [1.54, 1.807) is 17.5 Å². The van der Waals surface area contributed by atoms with Crippen molar-refractivity contribution in [3.8, 4) is 5.75 Å². The van der Waals surface area contributed by atoms with Crippen molar-refractivity contribution in [3.05, 3.63) is 75.5 Å². The minimum Gasteiger partial charge on any atom is -0.486 e. The van der Waals surface area contributed by atoms with Crippen molar-refractivity contribution in [2.75, 3.05) is 5.32 Å². The molecule has 6 heteroatoms. The number of benzene rings is 2. The maximum atomic E-state index is 12.9. The van der Waals surface area contributed by atoms with Gasteiger partial charge in [0, 0.05) is 11.1 Å². The van der Waals surface area contributed by atoms with Crippen molar-refractivity contribution >= 4 is 22.9 Å². The van der Waals surface area contributed by atoms with Gasteiger partial charge in [-0.1, -0.05) is 32.0 Å². The predicted molar refractivity (Wildman–Crippen MR) is 106 cm³/mol. The van der Waals surface area contributed by atoms with E-state index in [4.69, 9.17) is 4.74 Å². The normalized spacial score (nSPS) is 10.6. The summed E-state index contributed by atoms with van der Waals surface area (Å²) in [6, 6.07) is 11.9. The molecule has 0 spiro atoms. The number of ether oxygens (including phenoxy) is 1. The summed E-state index contributed by atoms with van der Waals surface area (Å²) in [5, 5.41) is 5.42. The summed E-state index contributed by atoms with van der Waals surface area (Å²) < 4.78 is 18.5. The van der Waals surface area contributed by atoms with Crippen LogP contribution < -0.4 is 10.1 Å². The molecule has 0 fully saturated rings. The smallest absolute Gasteiger partial charge is 0.275 e. The van der Waals surface area contributed by atoms with Gasteiger partial charge in [-0.15, -0.1) is 11.3 Å². The Bertz CT molecular complexity index is 900. The summed E-state index contributed by atoms with van der Waals surface area (Å²) in [4.78, 5) is 17.0. The van der Waals surface area contributed by atoms with Gasteiger partial charge in [0.15, 0.2) is 0 Å². The van der Waals surface area contributed by atoms with Crippen LogP contribution in [0.4, 0.5) is 10.1 Å². The van der Waals surface area contributed by atoms with Gasteiger partial charge >= 0.3 is 0 Å². The molecule has 0 unspecified atom stereocenters. The minimum absolute atomic E-state index is 0.227. The van der Waals surface area contributed by atoms with Gasteiger partial charge in [-0.05, 0) is 48.2 Å². The third kappa shape index (κ3) is 4.71. The SMILES string of the molecule is CCc1cccc(CC)c1NC(=O)c1csc(COc2ccc(F)cc2)n1. The van der Waals surface area contributed by atoms with E-state index >= 15 is 0 Å². The van der Waals surface area contributed by atoms with Gasteiger partial charge in [-0.3, -0.25) is 4.79 Å². The largest absolute Gasteiger partial charge is 0.486 e. The van der Waals surface area contributed by atoms with E-state index in [1.807, 2.05) is 18.2 Å². The average Bonchev–Trinajstić information content (AvgIpc) is 3.17. The van der Waals surface area contributed by atoms with Gasteiger partial charge in [0.1, 0.15) is 28.9 Å². The van der Waals surface area contributed by atoms with Gasteiger partial charge in [0.25, 0.3) is 5.91 Å². The van der Waals surface area contributed by atoms with Crippen LogP contribution in [0, 0.1) is 5.82 Å². The van der Waals surface area contributed by atoms with Crippen molar-refractivity contribution < 1.29 is 13.9 Å². The molecule has 0 aliphatic heterocycles. The predicted octanol–water partition coefficient (Wildman–Crippen LogP) is 5.24. The molecule has 2 aromatic carbocycles. The van der Waals surface area contributed by atoms with Gasteiger partial charge in [0.05, 0.1) is 0 Å². The Morgan fingerprint density at radius 2 is 1.78 bits per heavy atom. The van der Waals surface area contributed by atoms with Gasteiger partial charge in [0.2, 0.25) is 0 Å². The highest BCUT2D eigenvalue weighted by molar-refractivity contribution is 7.09. The molecule has 3 aromatic rings. The lowest BCUT2D eigenvalue weighted by Gasteiger charge is -2.13. The van der Waals surface area contributed by atoms with Crippen LogP contribution in [0.25, 0.3) is 0 Å². The summed E-state index contributed by atoms with van der Waals surface area (Å²) in [6.07, 6.45) is 1.69. The molecule has 140 valence electrons. The van der Waals surface area contributed by atoms with E-state index in [1.165, 1.54) is 23.5 Å². The molecule has 0 radical (unpaired) electrons. The highest BCUT2D eigenvalue weighted by Gasteiger charge is 2.15. The van der Waals surface area contributed by atoms with Crippen LogP contribution in [0.15, 0.2) is 47.8 Å². The van der Waals surface area contributed by atoms with Crippen molar-refractivity contribution in [3.63, 3.8) is 0 Å². The Balaban J connectivity index is 1.67. The van der Waals surface area contributed by atoms with E-state index in [-0.39, 0.29) is 18.3 Å². The monoisotopic (exact) mass is 384 g/mol. The average molecular weight is 384 g/mol. The molecule has 3 rings (SSSR count). The molecule has 1 amide bonds. The molecule has 1 N–H and O–H groups in total. The van der Waals surface area contributed by atoms with E-state index in [9.17, 15) is 9.18 Å². The van der Waals surface area contributed by atoms with Crippen molar-refractivity contribution in [2.45, 2.75) is 33.3 Å². The quantitative estimate of drug-likeness (QED) is 0.606. The lowest BCUT2D eigenvalue weighted by atomic mass is 10.0. The number of amides is 1. The maximum Gasteiger partial charge on any atom is 0.275 e. The number of para-hydroxylation sites is 1. The Morgan fingerprint density at radius 3 is 2.41 bits per heavy atom. The third-order valence-corrected chi connectivity index (χ3v) is 5.02. The van der Waals surface area contributed by atoms with Crippen LogP contribution in [-0.4, -0.2) is 10.9 Å². The molecule has 27 heavy (non-hydrogen) atoms. The van der Waals surface area contributed by atoms with Crippen LogP contribution in [0.3, 0.4) is 0 Å². The summed E-state index contributed by atoms with van der Waals surface area (Å²) in [6.45, 7) is 4.37. The first-order valence-corrected chi connectivity index (χ1v) is 9.73. The van der Waals surface area contributed by atoms with Gasteiger partial charge in [-0.2, -0.15) is 0 Å². The number of anilines is 1. The van der Waals surface area contributed by atoms with Gasteiger partial charge in [-0.25, -0.2) is 9.37 Å². The second-order valence-electron chi connectivity index (χ2n) is 5.98. The Kier molecular flexibility index (Phi) is 6.19. The molecular formula is C21H21FN2O2S. The number of carbonyl (C=O) groups is 1. The van der Waals surface area contributed by atoms with E-state index in [0.717, 1.165) is 29.7 Å². The third-order valence-electron chi connectivity index (χ3n) is 4.20. The molecule has 1 heterocycles. The number of rotatable bonds is 7. The summed E-state index contributed by atoms with van der Waals surface area (Å²) in [5.74, 6) is 0.0197. The fraction of sp³-hybridized carbons (Fsp3) is 0.238. The fourth-order valence-corrected chi connectivity index (χ4v) is 3.42. The number of nitrogens with one attached hydrogen (secondary N) is 1.